The second-order valence-corrected chi connectivity index (χ2v) is 2.35. The molecule has 1 rings (SSSR count). The summed E-state index contributed by atoms with van der Waals surface area (Å²) in [4.78, 5) is 0. The molecule has 0 saturated carbocycles. The largest absolute Gasteiger partial charge is 0.373 e. The fourth-order valence-corrected chi connectivity index (χ4v) is 0.845. The van der Waals surface area contributed by atoms with Crippen molar-refractivity contribution < 1.29 is 9.36 Å². The summed E-state index contributed by atoms with van der Waals surface area (Å²) in [6, 6.07) is 0. The van der Waals surface area contributed by atoms with E-state index >= 15 is 0 Å². The third-order valence-electron chi connectivity index (χ3n) is 0.797. The lowest BCUT2D eigenvalue weighted by atomic mass is 10.6. The van der Waals surface area contributed by atoms with E-state index in [-0.39, 0.29) is 0 Å². The minimum absolute atomic E-state index is 0.410. The predicted octanol–water partition coefficient (Wildman–Crippen LogP) is -0.131. The Balaban J connectivity index is 1.80. The highest BCUT2D eigenvalue weighted by molar-refractivity contribution is 7.32. The van der Waals surface area contributed by atoms with Gasteiger partial charge in [-0.1, -0.05) is 0 Å². The number of hydrogen-bond acceptors (Lipinski definition) is 3. The summed E-state index contributed by atoms with van der Waals surface area (Å²) in [5.74, 6) is 4.76. The molecule has 2 N–H and O–H groups in total. The Labute approximate surface area is 44.0 Å². The van der Waals surface area contributed by atoms with Crippen LogP contribution in [0.25, 0.3) is 0 Å². The minimum Gasteiger partial charge on any atom is -0.373 e. The molecule has 1 heterocycles. The van der Waals surface area contributed by atoms with Gasteiger partial charge < -0.3 is 4.74 Å². The van der Waals surface area contributed by atoms with Gasteiger partial charge in [0.25, 0.3) is 0 Å². The second-order valence-electron chi connectivity index (χ2n) is 1.42. The predicted molar refractivity (Wildman–Crippen MR) is 28.2 cm³/mol. The summed E-state index contributed by atoms with van der Waals surface area (Å²) in [6.07, 6.45) is 1.43. The van der Waals surface area contributed by atoms with Crippen molar-refractivity contribution in [3.8, 4) is 0 Å². The van der Waals surface area contributed by atoms with Crippen LogP contribution in [-0.4, -0.2) is 18.9 Å². The molecule has 2 atom stereocenters. The fraction of sp³-hybridized carbons (Fsp3) is 1.00. The number of epoxide rings is 1. The summed E-state index contributed by atoms with van der Waals surface area (Å²) >= 11 is 0. The molecule has 0 aromatic carbocycles. The molecule has 0 aliphatic carbocycles. The Morgan fingerprint density at radius 1 is 2.00 bits per heavy atom. The zero-order valence-electron chi connectivity index (χ0n) is 3.89. The Morgan fingerprint density at radius 2 is 2.71 bits per heavy atom. The third kappa shape index (κ3) is 2.19. The molecule has 0 bridgehead atoms. The molecule has 42 valence electrons. The van der Waals surface area contributed by atoms with Gasteiger partial charge in [0.05, 0.1) is 12.7 Å². The summed E-state index contributed by atoms with van der Waals surface area (Å²) < 4.78 is 9.22. The van der Waals surface area contributed by atoms with E-state index in [4.69, 9.17) is 10.6 Å². The molecule has 0 aromatic rings. The Morgan fingerprint density at radius 3 is 3.14 bits per heavy atom. The Hall–Kier alpha value is 0.310. The molecule has 1 fully saturated rings. The van der Waals surface area contributed by atoms with E-state index in [1.165, 1.54) is 0 Å². The molecule has 0 amide bonds. The van der Waals surface area contributed by atoms with E-state index in [1.54, 1.807) is 0 Å². The highest BCUT2D eigenvalue weighted by Crippen LogP contribution is 2.19. The van der Waals surface area contributed by atoms with E-state index in [0.29, 0.717) is 14.9 Å². The number of ether oxygens (including phenoxy) is 1. The average Bonchev–Trinajstić information content (AvgIpc) is 2.42. The second kappa shape index (κ2) is 2.58. The Bertz CT molecular complexity index is 56.9. The molecule has 4 heteroatoms. The van der Waals surface area contributed by atoms with Crippen molar-refractivity contribution in [3.05, 3.63) is 0 Å². The van der Waals surface area contributed by atoms with Crippen molar-refractivity contribution in [1.29, 1.82) is 0 Å². The van der Waals surface area contributed by atoms with Crippen LogP contribution in [0.4, 0.5) is 0 Å². The fourth-order valence-electron chi connectivity index (χ4n) is 0.327. The van der Waals surface area contributed by atoms with E-state index in [9.17, 15) is 0 Å². The van der Waals surface area contributed by atoms with Crippen LogP contribution < -0.4 is 5.90 Å². The summed E-state index contributed by atoms with van der Waals surface area (Å²) in [5.41, 5.74) is 0. The third-order valence-corrected chi connectivity index (χ3v) is 1.59. The first-order chi connectivity index (χ1) is 3.43. The molecule has 3 nitrogen and oxygen atoms in total. The molecule has 1 aliphatic heterocycles. The van der Waals surface area contributed by atoms with Crippen molar-refractivity contribution in [2.75, 3.05) is 12.8 Å². The molecule has 1 aliphatic rings. The zero-order valence-corrected chi connectivity index (χ0v) is 4.89. The van der Waals surface area contributed by atoms with Crippen LogP contribution in [0.2, 0.25) is 0 Å². The lowest BCUT2D eigenvalue weighted by molar-refractivity contribution is 0.377. The van der Waals surface area contributed by atoms with Gasteiger partial charge in [0.15, 0.2) is 0 Å². The van der Waals surface area contributed by atoms with Gasteiger partial charge in [0.2, 0.25) is 0 Å². The van der Waals surface area contributed by atoms with Crippen LogP contribution >= 0.6 is 8.81 Å². The van der Waals surface area contributed by atoms with Gasteiger partial charge in [-0.3, -0.25) is 4.62 Å². The Kier molecular flexibility index (Phi) is 2.00. The first-order valence-corrected chi connectivity index (χ1v) is 3.25. The van der Waals surface area contributed by atoms with Gasteiger partial charge in [-0.25, -0.2) is 5.90 Å². The molecular weight excluding hydrogens is 113 g/mol. The maximum Gasteiger partial charge on any atom is 0.0868 e. The maximum atomic E-state index is 4.88. The first-order valence-electron chi connectivity index (χ1n) is 2.13. The SMILES string of the molecule is NOPCC1CO1. The highest BCUT2D eigenvalue weighted by atomic mass is 31.1. The topological polar surface area (TPSA) is 47.8 Å². The summed E-state index contributed by atoms with van der Waals surface area (Å²) in [5, 5.41) is 0. The van der Waals surface area contributed by atoms with E-state index < -0.39 is 0 Å². The molecule has 1 saturated heterocycles. The van der Waals surface area contributed by atoms with Crippen molar-refractivity contribution in [3.63, 3.8) is 0 Å². The number of rotatable bonds is 3. The van der Waals surface area contributed by atoms with Gasteiger partial charge in [0.1, 0.15) is 0 Å². The lowest BCUT2D eigenvalue weighted by Crippen LogP contribution is -1.92. The van der Waals surface area contributed by atoms with Crippen molar-refractivity contribution in [2.24, 2.45) is 5.90 Å². The summed E-state index contributed by atoms with van der Waals surface area (Å²) in [7, 11) is 0.410. The minimum atomic E-state index is 0.410. The van der Waals surface area contributed by atoms with Crippen LogP contribution in [0.15, 0.2) is 0 Å². The van der Waals surface area contributed by atoms with Crippen LogP contribution in [0.5, 0.6) is 0 Å². The van der Waals surface area contributed by atoms with Crippen LogP contribution in [-0.2, 0) is 9.36 Å². The van der Waals surface area contributed by atoms with Gasteiger partial charge in [0, 0.05) is 15.0 Å². The van der Waals surface area contributed by atoms with Crippen LogP contribution in [0.1, 0.15) is 0 Å². The number of hydrogen-bond donors (Lipinski definition) is 1. The zero-order chi connectivity index (χ0) is 5.11. The smallest absolute Gasteiger partial charge is 0.0868 e. The summed E-state index contributed by atoms with van der Waals surface area (Å²) in [6.45, 7) is 0.899. The van der Waals surface area contributed by atoms with E-state index in [2.05, 4.69) is 4.62 Å². The highest BCUT2D eigenvalue weighted by Gasteiger charge is 2.21. The van der Waals surface area contributed by atoms with Gasteiger partial charge in [-0.05, 0) is 0 Å². The molecule has 2 unspecified atom stereocenters. The first kappa shape index (κ1) is 5.45. The van der Waals surface area contributed by atoms with E-state index in [0.717, 1.165) is 12.8 Å². The van der Waals surface area contributed by atoms with Gasteiger partial charge in [-0.15, -0.1) is 0 Å². The quantitative estimate of drug-likeness (QED) is 0.321. The van der Waals surface area contributed by atoms with Crippen molar-refractivity contribution in [1.82, 2.24) is 0 Å². The maximum absolute atomic E-state index is 4.88. The van der Waals surface area contributed by atoms with Gasteiger partial charge >= 0.3 is 0 Å². The molecule has 0 spiro atoms. The lowest BCUT2D eigenvalue weighted by Gasteiger charge is -1.88. The van der Waals surface area contributed by atoms with Gasteiger partial charge in [-0.2, -0.15) is 0 Å². The van der Waals surface area contributed by atoms with E-state index in [1.807, 2.05) is 0 Å². The molecule has 0 aromatic heterocycles. The standard InChI is InChI=1S/C3H8NO2P/c4-6-7-2-3-1-5-3/h3,7H,1-2,4H2. The molecule has 0 radical (unpaired) electrons. The monoisotopic (exact) mass is 121 g/mol. The van der Waals surface area contributed by atoms with Crippen molar-refractivity contribution >= 4 is 8.81 Å². The molecule has 7 heavy (non-hydrogen) atoms. The normalized spacial score (nSPS) is 29.6. The van der Waals surface area contributed by atoms with Crippen LogP contribution in [0, 0.1) is 0 Å². The number of nitrogens with two attached hydrogens (primary N) is 1. The van der Waals surface area contributed by atoms with Crippen LogP contribution in [0.3, 0.4) is 0 Å². The van der Waals surface area contributed by atoms with Crippen molar-refractivity contribution in [2.45, 2.75) is 6.10 Å². The molecular formula is C3H8NO2P. The average molecular weight is 121 g/mol.